The average molecular weight is 191 g/mol. The zero-order valence-corrected chi connectivity index (χ0v) is 9.15. The molecule has 0 rings (SSSR count). The Balaban J connectivity index is 3.80. The molecular formula is C10H19ClO. The maximum absolute atomic E-state index is 9.66. The summed E-state index contributed by atoms with van der Waals surface area (Å²) in [6.45, 7) is 8.09. The van der Waals surface area contributed by atoms with Gasteiger partial charge in [0.1, 0.15) is 0 Å². The second kappa shape index (κ2) is 4.88. The third-order valence-electron chi connectivity index (χ3n) is 2.00. The van der Waals surface area contributed by atoms with Crippen molar-refractivity contribution in [2.24, 2.45) is 5.41 Å². The van der Waals surface area contributed by atoms with E-state index in [9.17, 15) is 5.11 Å². The normalized spacial score (nSPS) is 16.3. The number of aliphatic hydroxyl groups excluding tert-OH is 1. The van der Waals surface area contributed by atoms with E-state index >= 15 is 0 Å². The highest BCUT2D eigenvalue weighted by Crippen LogP contribution is 2.23. The summed E-state index contributed by atoms with van der Waals surface area (Å²) in [5.74, 6) is 0. The van der Waals surface area contributed by atoms with E-state index in [1.807, 2.05) is 27.7 Å². The highest BCUT2D eigenvalue weighted by molar-refractivity contribution is 6.25. The Kier molecular flexibility index (Phi) is 4.88. The standard InChI is InChI=1S/C10H19ClO/c1-8(7-11)5-6-9(12)10(2,3)4/h7,9,12H,5-6H2,1-4H3. The molecule has 0 aliphatic heterocycles. The molecule has 2 heteroatoms. The number of aliphatic hydroxyl groups is 1. The summed E-state index contributed by atoms with van der Waals surface area (Å²) in [4.78, 5) is 0. The minimum absolute atomic E-state index is 0.0212. The molecule has 0 aliphatic rings. The van der Waals surface area contributed by atoms with Crippen LogP contribution in [0.15, 0.2) is 11.1 Å². The molecule has 1 atom stereocenters. The van der Waals surface area contributed by atoms with Gasteiger partial charge in [0.2, 0.25) is 0 Å². The summed E-state index contributed by atoms with van der Waals surface area (Å²) >= 11 is 5.51. The van der Waals surface area contributed by atoms with Crippen LogP contribution in [-0.2, 0) is 0 Å². The highest BCUT2D eigenvalue weighted by atomic mass is 35.5. The average Bonchev–Trinajstić information content (AvgIpc) is 1.97. The largest absolute Gasteiger partial charge is 0.393 e. The molecule has 0 fully saturated rings. The van der Waals surface area contributed by atoms with Crippen molar-refractivity contribution < 1.29 is 5.11 Å². The Morgan fingerprint density at radius 2 is 2.00 bits per heavy atom. The predicted molar refractivity (Wildman–Crippen MR) is 54.3 cm³/mol. The van der Waals surface area contributed by atoms with Crippen molar-refractivity contribution >= 4 is 11.6 Å². The molecule has 0 heterocycles. The molecule has 0 aromatic carbocycles. The van der Waals surface area contributed by atoms with Gasteiger partial charge in [-0.1, -0.05) is 37.9 Å². The summed E-state index contributed by atoms with van der Waals surface area (Å²) in [6, 6.07) is 0. The zero-order valence-electron chi connectivity index (χ0n) is 8.39. The molecule has 0 saturated carbocycles. The summed E-state index contributed by atoms with van der Waals surface area (Å²) in [5.41, 5.74) is 2.68. The van der Waals surface area contributed by atoms with Gasteiger partial charge in [-0.15, -0.1) is 0 Å². The fraction of sp³-hybridized carbons (Fsp3) is 0.800. The molecule has 0 aliphatic carbocycles. The van der Waals surface area contributed by atoms with Gasteiger partial charge in [0.15, 0.2) is 0 Å². The first-order chi connectivity index (χ1) is 5.38. The minimum Gasteiger partial charge on any atom is -0.393 e. The SMILES string of the molecule is CC(=CCl)CCC(O)C(C)(C)C. The van der Waals surface area contributed by atoms with Crippen LogP contribution in [-0.4, -0.2) is 11.2 Å². The quantitative estimate of drug-likeness (QED) is 0.724. The molecule has 0 radical (unpaired) electrons. The number of hydrogen-bond acceptors (Lipinski definition) is 1. The van der Waals surface area contributed by atoms with Crippen LogP contribution < -0.4 is 0 Å². The lowest BCUT2D eigenvalue weighted by molar-refractivity contribution is 0.0560. The fourth-order valence-electron chi connectivity index (χ4n) is 0.852. The van der Waals surface area contributed by atoms with E-state index in [0.29, 0.717) is 0 Å². The van der Waals surface area contributed by atoms with Gasteiger partial charge in [-0.2, -0.15) is 0 Å². The lowest BCUT2D eigenvalue weighted by Gasteiger charge is -2.25. The predicted octanol–water partition coefficient (Wildman–Crippen LogP) is 3.32. The lowest BCUT2D eigenvalue weighted by Crippen LogP contribution is -2.25. The van der Waals surface area contributed by atoms with E-state index < -0.39 is 0 Å². The van der Waals surface area contributed by atoms with Crippen molar-refractivity contribution in [1.82, 2.24) is 0 Å². The van der Waals surface area contributed by atoms with Gasteiger partial charge in [0.25, 0.3) is 0 Å². The Hall–Kier alpha value is -0.0100. The monoisotopic (exact) mass is 190 g/mol. The van der Waals surface area contributed by atoms with E-state index in [4.69, 9.17) is 11.6 Å². The molecule has 12 heavy (non-hydrogen) atoms. The number of halogens is 1. The Morgan fingerprint density at radius 1 is 1.50 bits per heavy atom. The van der Waals surface area contributed by atoms with Crippen LogP contribution in [0.4, 0.5) is 0 Å². The van der Waals surface area contributed by atoms with Crippen molar-refractivity contribution in [3.8, 4) is 0 Å². The zero-order chi connectivity index (χ0) is 9.78. The number of hydrogen-bond donors (Lipinski definition) is 1. The van der Waals surface area contributed by atoms with E-state index in [0.717, 1.165) is 18.4 Å². The molecule has 0 saturated heterocycles. The van der Waals surface area contributed by atoms with Gasteiger partial charge < -0.3 is 5.11 Å². The smallest absolute Gasteiger partial charge is 0.0591 e. The number of allylic oxidation sites excluding steroid dienone is 1. The summed E-state index contributed by atoms with van der Waals surface area (Å²) < 4.78 is 0. The van der Waals surface area contributed by atoms with E-state index in [1.165, 1.54) is 0 Å². The molecule has 1 nitrogen and oxygen atoms in total. The van der Waals surface area contributed by atoms with Gasteiger partial charge in [0.05, 0.1) is 6.10 Å². The minimum atomic E-state index is -0.246. The Labute approximate surface area is 80.4 Å². The molecule has 0 aromatic rings. The van der Waals surface area contributed by atoms with Crippen LogP contribution in [0, 0.1) is 5.41 Å². The third kappa shape index (κ3) is 4.78. The van der Waals surface area contributed by atoms with Crippen LogP contribution >= 0.6 is 11.6 Å². The van der Waals surface area contributed by atoms with Gasteiger partial charge >= 0.3 is 0 Å². The fourth-order valence-corrected chi connectivity index (χ4v) is 0.961. The van der Waals surface area contributed by atoms with Gasteiger partial charge in [-0.3, -0.25) is 0 Å². The molecule has 0 spiro atoms. The lowest BCUT2D eigenvalue weighted by atomic mass is 9.86. The van der Waals surface area contributed by atoms with Crippen LogP contribution in [0.5, 0.6) is 0 Å². The third-order valence-corrected chi connectivity index (χ3v) is 2.37. The second-order valence-corrected chi connectivity index (χ2v) is 4.59. The first kappa shape index (κ1) is 12.0. The van der Waals surface area contributed by atoms with Gasteiger partial charge in [0, 0.05) is 5.54 Å². The summed E-state index contributed by atoms with van der Waals surface area (Å²) in [6.07, 6.45) is 1.42. The molecule has 1 N–H and O–H groups in total. The molecule has 0 amide bonds. The van der Waals surface area contributed by atoms with Crippen molar-refractivity contribution in [2.75, 3.05) is 0 Å². The van der Waals surface area contributed by atoms with Gasteiger partial charge in [-0.25, -0.2) is 0 Å². The maximum atomic E-state index is 9.66. The summed E-state index contributed by atoms with van der Waals surface area (Å²) in [5, 5.41) is 9.66. The van der Waals surface area contributed by atoms with Crippen LogP contribution in [0.1, 0.15) is 40.5 Å². The first-order valence-corrected chi connectivity index (χ1v) is 4.75. The second-order valence-electron chi connectivity index (χ2n) is 4.38. The number of rotatable bonds is 3. The van der Waals surface area contributed by atoms with Crippen LogP contribution in [0.3, 0.4) is 0 Å². The topological polar surface area (TPSA) is 20.2 Å². The maximum Gasteiger partial charge on any atom is 0.0591 e. The van der Waals surface area contributed by atoms with Crippen molar-refractivity contribution in [3.63, 3.8) is 0 Å². The molecular weight excluding hydrogens is 172 g/mol. The van der Waals surface area contributed by atoms with E-state index in [2.05, 4.69) is 0 Å². The van der Waals surface area contributed by atoms with Gasteiger partial charge in [-0.05, 0) is 25.2 Å². The van der Waals surface area contributed by atoms with E-state index in [-0.39, 0.29) is 11.5 Å². The Morgan fingerprint density at radius 3 is 2.33 bits per heavy atom. The van der Waals surface area contributed by atoms with E-state index in [1.54, 1.807) is 5.54 Å². The first-order valence-electron chi connectivity index (χ1n) is 4.32. The van der Waals surface area contributed by atoms with Crippen LogP contribution in [0.2, 0.25) is 0 Å². The Bertz CT molecular complexity index is 156. The summed E-state index contributed by atoms with van der Waals surface area (Å²) in [7, 11) is 0. The van der Waals surface area contributed by atoms with Crippen molar-refractivity contribution in [3.05, 3.63) is 11.1 Å². The van der Waals surface area contributed by atoms with Crippen molar-refractivity contribution in [1.29, 1.82) is 0 Å². The highest BCUT2D eigenvalue weighted by Gasteiger charge is 2.21. The molecule has 72 valence electrons. The van der Waals surface area contributed by atoms with Crippen molar-refractivity contribution in [2.45, 2.75) is 46.6 Å². The molecule has 0 bridgehead atoms. The van der Waals surface area contributed by atoms with Crippen LogP contribution in [0.25, 0.3) is 0 Å². The molecule has 1 unspecified atom stereocenters. The molecule has 0 aromatic heterocycles.